The van der Waals surface area contributed by atoms with Gasteiger partial charge in [-0.15, -0.1) is 0 Å². The van der Waals surface area contributed by atoms with Gasteiger partial charge >= 0.3 is 0 Å². The number of amides is 1. The van der Waals surface area contributed by atoms with Crippen LogP contribution >= 0.6 is 0 Å². The first-order chi connectivity index (χ1) is 13.0. The smallest absolute Gasteiger partial charge is 0.268 e. The summed E-state index contributed by atoms with van der Waals surface area (Å²) in [4.78, 5) is 29.7. The molecule has 1 aliphatic rings. The lowest BCUT2D eigenvalue weighted by Gasteiger charge is -2.33. The number of aryl methyl sites for hydroxylation is 1. The maximum Gasteiger partial charge on any atom is 0.268 e. The maximum atomic E-state index is 12.5. The minimum Gasteiger partial charge on any atom is -0.374 e. The molecule has 144 valence electrons. The highest BCUT2D eigenvalue weighted by atomic mass is 16.5. The van der Waals surface area contributed by atoms with Crippen molar-refractivity contribution in [2.75, 3.05) is 26.2 Å². The largest absolute Gasteiger partial charge is 0.374 e. The van der Waals surface area contributed by atoms with Gasteiger partial charge in [0, 0.05) is 37.4 Å². The first kappa shape index (κ1) is 19.3. The summed E-state index contributed by atoms with van der Waals surface area (Å²) in [6.07, 6.45) is -0.0462. The van der Waals surface area contributed by atoms with Crippen molar-refractivity contribution in [2.24, 2.45) is 0 Å². The van der Waals surface area contributed by atoms with Crippen LogP contribution in [0.5, 0.6) is 0 Å². The zero-order chi connectivity index (χ0) is 19.4. The van der Waals surface area contributed by atoms with Gasteiger partial charge in [-0.1, -0.05) is 30.3 Å². The molecule has 1 atom stereocenters. The predicted molar refractivity (Wildman–Crippen MR) is 104 cm³/mol. The number of nitrogens with one attached hydrogen (secondary N) is 2. The molecule has 0 spiro atoms. The topological polar surface area (TPSA) is 74.4 Å². The van der Waals surface area contributed by atoms with Crippen LogP contribution in [0.1, 0.15) is 44.6 Å². The number of Topliss-reactive ketones (excluding diaryl/α,β-unsaturated/α-hetero) is 1. The third-order valence-electron chi connectivity index (χ3n) is 4.98. The van der Waals surface area contributed by atoms with Gasteiger partial charge in [0.2, 0.25) is 0 Å². The van der Waals surface area contributed by atoms with Crippen molar-refractivity contribution in [1.82, 2.24) is 15.2 Å². The molecular weight excluding hydrogens is 342 g/mol. The third kappa shape index (κ3) is 4.64. The van der Waals surface area contributed by atoms with E-state index in [1.807, 2.05) is 25.1 Å². The summed E-state index contributed by atoms with van der Waals surface area (Å²) in [6.45, 7) is 8.76. The van der Waals surface area contributed by atoms with Gasteiger partial charge in [0.25, 0.3) is 5.91 Å². The molecule has 3 rings (SSSR count). The number of carbonyl (C=O) groups is 2. The summed E-state index contributed by atoms with van der Waals surface area (Å²) in [5, 5.41) is 2.94. The number of H-pyrrole nitrogens is 1. The monoisotopic (exact) mass is 369 g/mol. The number of benzene rings is 1. The van der Waals surface area contributed by atoms with Gasteiger partial charge in [-0.2, -0.15) is 0 Å². The SMILES string of the molecule is CC(=O)c1c(C)[nH]c(C(=O)NCC2CN(Cc3ccccc3)CCO2)c1C. The average Bonchev–Trinajstić information content (AvgIpc) is 2.95. The molecule has 0 saturated carbocycles. The first-order valence-corrected chi connectivity index (χ1v) is 9.32. The van der Waals surface area contributed by atoms with Crippen LogP contribution in [0, 0.1) is 13.8 Å². The second-order valence-electron chi connectivity index (χ2n) is 7.10. The van der Waals surface area contributed by atoms with Gasteiger partial charge < -0.3 is 15.0 Å². The van der Waals surface area contributed by atoms with Crippen LogP contribution in [0.25, 0.3) is 0 Å². The Kier molecular flexibility index (Phi) is 6.08. The number of ketones is 1. The fraction of sp³-hybridized carbons (Fsp3) is 0.429. The lowest BCUT2D eigenvalue weighted by atomic mass is 10.1. The van der Waals surface area contributed by atoms with Gasteiger partial charge in [-0.25, -0.2) is 0 Å². The molecule has 1 unspecified atom stereocenters. The highest BCUT2D eigenvalue weighted by Gasteiger charge is 2.23. The molecule has 27 heavy (non-hydrogen) atoms. The molecule has 1 aromatic carbocycles. The number of ether oxygens (including phenoxy) is 1. The van der Waals surface area contributed by atoms with E-state index in [0.29, 0.717) is 30.0 Å². The number of aromatic nitrogens is 1. The molecule has 1 fully saturated rings. The van der Waals surface area contributed by atoms with E-state index < -0.39 is 0 Å². The quantitative estimate of drug-likeness (QED) is 0.767. The number of nitrogens with zero attached hydrogens (tertiary/aromatic N) is 1. The Hall–Kier alpha value is -2.44. The number of morpholine rings is 1. The van der Waals surface area contributed by atoms with E-state index in [4.69, 9.17) is 4.74 Å². The Labute approximate surface area is 159 Å². The zero-order valence-electron chi connectivity index (χ0n) is 16.2. The van der Waals surface area contributed by atoms with Crippen molar-refractivity contribution >= 4 is 11.7 Å². The Morgan fingerprint density at radius 1 is 1.26 bits per heavy atom. The summed E-state index contributed by atoms with van der Waals surface area (Å²) in [7, 11) is 0. The summed E-state index contributed by atoms with van der Waals surface area (Å²) in [6, 6.07) is 10.3. The molecule has 0 aliphatic carbocycles. The predicted octanol–water partition coefficient (Wildman–Crippen LogP) is 2.46. The summed E-state index contributed by atoms with van der Waals surface area (Å²) in [5.74, 6) is -0.237. The van der Waals surface area contributed by atoms with E-state index in [1.165, 1.54) is 12.5 Å². The lowest BCUT2D eigenvalue weighted by molar-refractivity contribution is -0.0292. The third-order valence-corrected chi connectivity index (χ3v) is 4.98. The van der Waals surface area contributed by atoms with Gasteiger partial charge in [-0.3, -0.25) is 14.5 Å². The summed E-state index contributed by atoms with van der Waals surface area (Å²) < 4.78 is 5.81. The first-order valence-electron chi connectivity index (χ1n) is 9.32. The molecule has 2 N–H and O–H groups in total. The Morgan fingerprint density at radius 2 is 2.00 bits per heavy atom. The van der Waals surface area contributed by atoms with E-state index >= 15 is 0 Å². The number of hydrogen-bond acceptors (Lipinski definition) is 4. The average molecular weight is 369 g/mol. The highest BCUT2D eigenvalue weighted by molar-refractivity contribution is 6.02. The minimum absolute atomic E-state index is 0.0348. The normalized spacial score (nSPS) is 17.7. The Morgan fingerprint density at radius 3 is 2.67 bits per heavy atom. The van der Waals surface area contributed by atoms with E-state index in [9.17, 15) is 9.59 Å². The number of carbonyl (C=O) groups excluding carboxylic acids is 2. The number of hydrogen-bond donors (Lipinski definition) is 2. The molecule has 6 nitrogen and oxygen atoms in total. The van der Waals surface area contributed by atoms with Crippen molar-refractivity contribution in [1.29, 1.82) is 0 Å². The van der Waals surface area contributed by atoms with Crippen molar-refractivity contribution in [3.8, 4) is 0 Å². The lowest BCUT2D eigenvalue weighted by Crippen LogP contribution is -2.47. The van der Waals surface area contributed by atoms with Gasteiger partial charge in [0.15, 0.2) is 5.78 Å². The molecule has 1 amide bonds. The molecule has 1 aliphatic heterocycles. The van der Waals surface area contributed by atoms with Crippen LogP contribution in [0.2, 0.25) is 0 Å². The van der Waals surface area contributed by atoms with Crippen LogP contribution in [0.4, 0.5) is 0 Å². The van der Waals surface area contributed by atoms with Crippen molar-refractivity contribution in [2.45, 2.75) is 33.4 Å². The summed E-state index contributed by atoms with van der Waals surface area (Å²) >= 11 is 0. The molecule has 2 aromatic rings. The second-order valence-corrected chi connectivity index (χ2v) is 7.10. The van der Waals surface area contributed by atoms with Crippen LogP contribution in [-0.2, 0) is 11.3 Å². The molecule has 2 heterocycles. The Bertz CT molecular complexity index is 814. The minimum atomic E-state index is -0.202. The van der Waals surface area contributed by atoms with E-state index in [1.54, 1.807) is 6.92 Å². The van der Waals surface area contributed by atoms with Crippen LogP contribution in [0.15, 0.2) is 30.3 Å². The van der Waals surface area contributed by atoms with Gasteiger partial charge in [0.1, 0.15) is 5.69 Å². The fourth-order valence-electron chi connectivity index (χ4n) is 3.69. The summed E-state index contributed by atoms with van der Waals surface area (Å²) in [5.41, 5.74) is 3.76. The van der Waals surface area contributed by atoms with Crippen molar-refractivity contribution < 1.29 is 14.3 Å². The van der Waals surface area contributed by atoms with E-state index in [0.717, 1.165) is 25.3 Å². The van der Waals surface area contributed by atoms with Crippen LogP contribution in [-0.4, -0.2) is 53.9 Å². The molecule has 1 saturated heterocycles. The molecule has 0 radical (unpaired) electrons. The van der Waals surface area contributed by atoms with E-state index in [2.05, 4.69) is 27.3 Å². The van der Waals surface area contributed by atoms with Crippen molar-refractivity contribution in [3.05, 3.63) is 58.4 Å². The van der Waals surface area contributed by atoms with Gasteiger partial charge in [-0.05, 0) is 31.9 Å². The fourth-order valence-corrected chi connectivity index (χ4v) is 3.69. The maximum absolute atomic E-state index is 12.5. The molecule has 1 aromatic heterocycles. The number of rotatable bonds is 6. The van der Waals surface area contributed by atoms with E-state index in [-0.39, 0.29) is 17.8 Å². The van der Waals surface area contributed by atoms with Crippen LogP contribution < -0.4 is 5.32 Å². The number of aromatic amines is 1. The standard InChI is InChI=1S/C21H27N3O3/c1-14-19(16(3)25)15(2)23-20(14)21(26)22-11-18-13-24(9-10-27-18)12-17-7-5-4-6-8-17/h4-8,18,23H,9-13H2,1-3H3,(H,22,26). The van der Waals surface area contributed by atoms with Crippen LogP contribution in [0.3, 0.4) is 0 Å². The molecule has 0 bridgehead atoms. The Balaban J connectivity index is 1.56. The second kappa shape index (κ2) is 8.50. The van der Waals surface area contributed by atoms with Gasteiger partial charge in [0.05, 0.1) is 12.7 Å². The van der Waals surface area contributed by atoms with Crippen molar-refractivity contribution in [3.63, 3.8) is 0 Å². The highest BCUT2D eigenvalue weighted by Crippen LogP contribution is 2.18. The molecular formula is C21H27N3O3. The zero-order valence-corrected chi connectivity index (χ0v) is 16.2. The molecule has 6 heteroatoms.